The Hall–Kier alpha value is -3.97. The number of fused-ring (bicyclic) bond motifs is 4. The lowest BCUT2D eigenvalue weighted by molar-refractivity contribution is -0.152. The number of alkyl halides is 5. The molecule has 14 heteroatoms. The van der Waals surface area contributed by atoms with Gasteiger partial charge in [0.1, 0.15) is 23.8 Å². The molecule has 1 N–H and O–H groups in total. The minimum Gasteiger partial charge on any atom is -0.468 e. The van der Waals surface area contributed by atoms with Crippen molar-refractivity contribution in [1.82, 2.24) is 15.1 Å². The van der Waals surface area contributed by atoms with Gasteiger partial charge in [-0.1, -0.05) is 29.8 Å². The molecule has 0 saturated carbocycles. The predicted molar refractivity (Wildman–Crippen MR) is 167 cm³/mol. The molecular formula is C34H35ClF5N3O5. The number of carbonyl (C=O) groups excluding carboxylic acids is 3. The normalized spacial score (nSPS) is 26.1. The van der Waals surface area contributed by atoms with Crippen molar-refractivity contribution in [3.8, 4) is 16.9 Å². The number of esters is 1. The van der Waals surface area contributed by atoms with Crippen molar-refractivity contribution >= 4 is 29.4 Å². The van der Waals surface area contributed by atoms with E-state index in [-0.39, 0.29) is 30.8 Å². The van der Waals surface area contributed by atoms with Gasteiger partial charge in [-0.2, -0.15) is 13.2 Å². The summed E-state index contributed by atoms with van der Waals surface area (Å²) in [6.45, 7) is 5.88. The molecule has 1 saturated heterocycles. The summed E-state index contributed by atoms with van der Waals surface area (Å²) in [5.41, 5.74) is 0.801. The Morgan fingerprint density at radius 3 is 2.52 bits per heavy atom. The van der Waals surface area contributed by atoms with Crippen LogP contribution in [0.5, 0.6) is 5.75 Å². The summed E-state index contributed by atoms with van der Waals surface area (Å²) in [5.74, 6) is -3.28. The summed E-state index contributed by atoms with van der Waals surface area (Å²) in [5, 5.41) is 0.989. The molecule has 2 aromatic carbocycles. The van der Waals surface area contributed by atoms with Crippen LogP contribution in [0, 0.1) is 19.7 Å². The van der Waals surface area contributed by atoms with E-state index in [9.17, 15) is 31.9 Å². The molecule has 5 rings (SSSR count). The molecule has 4 atom stereocenters. The Balaban J connectivity index is 1.70. The highest BCUT2D eigenvalue weighted by Crippen LogP contribution is 2.41. The second-order valence-corrected chi connectivity index (χ2v) is 13.0. The smallest absolute Gasteiger partial charge is 0.413 e. The third-order valence-corrected chi connectivity index (χ3v) is 8.76. The summed E-state index contributed by atoms with van der Waals surface area (Å²) in [7, 11) is 0. The van der Waals surface area contributed by atoms with Gasteiger partial charge in [0.05, 0.1) is 25.2 Å². The van der Waals surface area contributed by atoms with Crippen LogP contribution in [0.2, 0.25) is 0 Å². The lowest BCUT2D eigenvalue weighted by Crippen LogP contribution is -2.65. The first-order chi connectivity index (χ1) is 22.5. The molecule has 258 valence electrons. The predicted octanol–water partition coefficient (Wildman–Crippen LogP) is 6.19. The SMILES string of the molecule is CCOC(=O)C[C@@H]1NC(=O)[C@@H](N2C(=O)C=C(C(F)(F)F)CC2N2CC(F)C2)/C=C/C(C)(Cl)Oc2cccc(C)c2-c2cc(C)c(F)c1c2. The first-order valence-electron chi connectivity index (χ1n) is 15.4. The van der Waals surface area contributed by atoms with Crippen LogP contribution in [-0.2, 0) is 19.1 Å². The van der Waals surface area contributed by atoms with Gasteiger partial charge in [-0.05, 0) is 68.7 Å². The third kappa shape index (κ3) is 7.36. The van der Waals surface area contributed by atoms with E-state index in [4.69, 9.17) is 21.1 Å². The van der Waals surface area contributed by atoms with Crippen molar-refractivity contribution in [1.29, 1.82) is 0 Å². The highest BCUT2D eigenvalue weighted by Gasteiger charge is 2.48. The van der Waals surface area contributed by atoms with Crippen molar-refractivity contribution in [3.05, 3.63) is 76.6 Å². The Labute approximate surface area is 279 Å². The van der Waals surface area contributed by atoms with Gasteiger partial charge in [0, 0.05) is 42.3 Å². The zero-order valence-electron chi connectivity index (χ0n) is 26.7. The molecule has 2 unspecified atom stereocenters. The maximum atomic E-state index is 16.0. The van der Waals surface area contributed by atoms with Gasteiger partial charge in [-0.25, -0.2) is 8.78 Å². The van der Waals surface area contributed by atoms with Crippen LogP contribution in [0.1, 0.15) is 49.4 Å². The monoisotopic (exact) mass is 695 g/mol. The summed E-state index contributed by atoms with van der Waals surface area (Å²) < 4.78 is 82.9. The molecular weight excluding hydrogens is 661 g/mol. The first kappa shape index (κ1) is 35.3. The topological polar surface area (TPSA) is 88.2 Å². The number of ether oxygens (including phenoxy) is 2. The molecule has 3 aliphatic rings. The zero-order chi connectivity index (χ0) is 35.1. The fraction of sp³-hybridized carbons (Fsp3) is 0.441. The molecule has 2 aromatic rings. The van der Waals surface area contributed by atoms with E-state index in [1.54, 1.807) is 25.1 Å². The maximum absolute atomic E-state index is 16.0. The molecule has 0 spiro atoms. The molecule has 48 heavy (non-hydrogen) atoms. The van der Waals surface area contributed by atoms with E-state index < -0.39 is 77.7 Å². The molecule has 3 aliphatic heterocycles. The van der Waals surface area contributed by atoms with E-state index in [0.717, 1.165) is 10.5 Å². The lowest BCUT2D eigenvalue weighted by Gasteiger charge is -2.49. The summed E-state index contributed by atoms with van der Waals surface area (Å²) in [6.07, 6.45) is -5.88. The molecule has 0 aliphatic carbocycles. The first-order valence-corrected chi connectivity index (χ1v) is 15.8. The van der Waals surface area contributed by atoms with Crippen LogP contribution in [0.4, 0.5) is 22.0 Å². The second-order valence-electron chi connectivity index (χ2n) is 12.3. The lowest BCUT2D eigenvalue weighted by atomic mass is 9.92. The van der Waals surface area contributed by atoms with Crippen molar-refractivity contribution in [2.75, 3.05) is 19.7 Å². The van der Waals surface area contributed by atoms with E-state index in [2.05, 4.69) is 5.32 Å². The van der Waals surface area contributed by atoms with E-state index in [0.29, 0.717) is 23.0 Å². The Morgan fingerprint density at radius 2 is 1.88 bits per heavy atom. The average molecular weight is 696 g/mol. The molecule has 8 nitrogen and oxygen atoms in total. The zero-order valence-corrected chi connectivity index (χ0v) is 27.4. The number of nitrogens with zero attached hydrogens (tertiary/aromatic N) is 2. The van der Waals surface area contributed by atoms with Crippen LogP contribution in [0.15, 0.2) is 54.1 Å². The van der Waals surface area contributed by atoms with Crippen molar-refractivity contribution in [2.45, 2.75) is 76.2 Å². The summed E-state index contributed by atoms with van der Waals surface area (Å²) >= 11 is 6.81. The largest absolute Gasteiger partial charge is 0.468 e. The quantitative estimate of drug-likeness (QED) is 0.174. The van der Waals surface area contributed by atoms with Crippen LogP contribution < -0.4 is 10.1 Å². The number of rotatable bonds is 5. The van der Waals surface area contributed by atoms with Crippen LogP contribution >= 0.6 is 11.6 Å². The average Bonchev–Trinajstić information content (AvgIpc) is 2.96. The Bertz CT molecular complexity index is 1670. The van der Waals surface area contributed by atoms with Gasteiger partial charge < -0.3 is 19.7 Å². The Morgan fingerprint density at radius 1 is 1.17 bits per heavy atom. The number of likely N-dealkylation sites (tertiary alicyclic amines) is 1. The van der Waals surface area contributed by atoms with E-state index in [1.807, 2.05) is 13.0 Å². The minimum absolute atomic E-state index is 0.00780. The molecule has 3 heterocycles. The molecule has 2 bridgehead atoms. The van der Waals surface area contributed by atoms with Gasteiger partial charge in [-0.3, -0.25) is 19.3 Å². The Kier molecular flexibility index (Phi) is 9.94. The number of amides is 2. The standard InChI is InChI=1S/C34H35ClF5N3O5/c1-5-47-29(45)15-24-23-12-20(11-19(3)31(23)37)30-18(2)7-6-8-26(30)48-33(4,35)10-9-25(32(46)41-24)43-27(42-16-22(36)17-42)13-21(14-28(43)44)34(38,39)40/h6-12,14,22,24-25,27H,5,13,15-17H2,1-4H3,(H,41,46)/b10-9+/t24-,25-,27?,33?/m0/s1. The third-order valence-electron chi connectivity index (χ3n) is 8.55. The van der Waals surface area contributed by atoms with E-state index in [1.165, 1.54) is 37.0 Å². The van der Waals surface area contributed by atoms with Gasteiger partial charge in [0.25, 0.3) is 0 Å². The number of hydrogen-bond donors (Lipinski definition) is 1. The van der Waals surface area contributed by atoms with Crippen molar-refractivity contribution < 1.29 is 45.8 Å². The van der Waals surface area contributed by atoms with Crippen molar-refractivity contribution in [2.24, 2.45) is 0 Å². The fourth-order valence-corrected chi connectivity index (χ4v) is 6.40. The fourth-order valence-electron chi connectivity index (χ4n) is 6.24. The highest BCUT2D eigenvalue weighted by atomic mass is 35.5. The highest BCUT2D eigenvalue weighted by molar-refractivity contribution is 6.24. The van der Waals surface area contributed by atoms with Gasteiger partial charge in [-0.15, -0.1) is 0 Å². The minimum atomic E-state index is -4.85. The molecule has 0 aromatic heterocycles. The van der Waals surface area contributed by atoms with Crippen LogP contribution in [0.25, 0.3) is 11.1 Å². The number of hydrogen-bond acceptors (Lipinski definition) is 6. The number of nitrogens with one attached hydrogen (secondary N) is 1. The summed E-state index contributed by atoms with van der Waals surface area (Å²) in [6, 6.07) is 5.28. The number of benzene rings is 2. The van der Waals surface area contributed by atoms with Crippen LogP contribution in [0.3, 0.4) is 0 Å². The van der Waals surface area contributed by atoms with Gasteiger partial charge in [0.2, 0.25) is 11.8 Å². The van der Waals surface area contributed by atoms with Gasteiger partial charge in [0.15, 0.2) is 5.06 Å². The van der Waals surface area contributed by atoms with Crippen LogP contribution in [-0.4, -0.2) is 76.9 Å². The molecule has 0 radical (unpaired) electrons. The van der Waals surface area contributed by atoms with E-state index >= 15 is 4.39 Å². The maximum Gasteiger partial charge on any atom is 0.413 e. The second kappa shape index (κ2) is 13.5. The van der Waals surface area contributed by atoms with Crippen molar-refractivity contribution in [3.63, 3.8) is 0 Å². The number of halogens is 6. The summed E-state index contributed by atoms with van der Waals surface area (Å²) in [4.78, 5) is 42.8. The number of aryl methyl sites for hydroxylation is 2. The molecule has 1 fully saturated rings. The molecule has 2 amide bonds. The number of carbonyl (C=O) groups is 3. The van der Waals surface area contributed by atoms with Gasteiger partial charge >= 0.3 is 12.1 Å².